The van der Waals surface area contributed by atoms with E-state index in [1.54, 1.807) is 53.4 Å². The lowest BCUT2D eigenvalue weighted by Gasteiger charge is -2.34. The van der Waals surface area contributed by atoms with Crippen LogP contribution in [0, 0.1) is 13.8 Å². The largest absolute Gasteiger partial charge is 0.336 e. The molecule has 3 aromatic carbocycles. The van der Waals surface area contributed by atoms with Gasteiger partial charge in [0, 0.05) is 37.4 Å². The average Bonchev–Trinajstić information content (AvgIpc) is 2.87. The van der Waals surface area contributed by atoms with Crippen LogP contribution in [0.2, 0.25) is 0 Å². The fourth-order valence-electron chi connectivity index (χ4n) is 4.12. The van der Waals surface area contributed by atoms with Crippen molar-refractivity contribution in [2.24, 2.45) is 0 Å². The second-order valence-electron chi connectivity index (χ2n) is 8.73. The molecule has 0 unspecified atom stereocenters. The number of benzene rings is 3. The number of hydrogen-bond donors (Lipinski definition) is 2. The number of carbonyl (C=O) groups excluding carboxylic acids is 3. The Labute approximate surface area is 205 Å². The summed E-state index contributed by atoms with van der Waals surface area (Å²) in [6.45, 7) is 6.52. The predicted molar refractivity (Wildman–Crippen MR) is 138 cm³/mol. The molecule has 2 N–H and O–H groups in total. The molecule has 3 amide bonds. The molecular weight excluding hydrogens is 440 g/mol. The van der Waals surface area contributed by atoms with Crippen molar-refractivity contribution in [2.75, 3.05) is 43.4 Å². The van der Waals surface area contributed by atoms with Gasteiger partial charge in [0.1, 0.15) is 0 Å². The number of hydrogen-bond acceptors (Lipinski definition) is 4. The van der Waals surface area contributed by atoms with Gasteiger partial charge < -0.3 is 15.5 Å². The van der Waals surface area contributed by atoms with Crippen LogP contribution in [-0.4, -0.2) is 60.2 Å². The maximum atomic E-state index is 13.3. The van der Waals surface area contributed by atoms with Gasteiger partial charge >= 0.3 is 0 Å². The van der Waals surface area contributed by atoms with Gasteiger partial charge in [-0.05, 0) is 55.3 Å². The van der Waals surface area contributed by atoms with E-state index in [4.69, 9.17) is 0 Å². The van der Waals surface area contributed by atoms with Gasteiger partial charge in [0.05, 0.1) is 17.8 Å². The third-order valence-electron chi connectivity index (χ3n) is 6.35. The van der Waals surface area contributed by atoms with Gasteiger partial charge in [0.2, 0.25) is 5.91 Å². The van der Waals surface area contributed by atoms with Crippen LogP contribution in [-0.2, 0) is 4.79 Å². The SMILES string of the molecule is Cc1cccc(NC(=O)CN2CCN(C(=O)c3ccccc3NC(=O)c3ccccc3)CC2)c1C. The predicted octanol–water partition coefficient (Wildman–Crippen LogP) is 3.95. The molecule has 3 aromatic rings. The summed E-state index contributed by atoms with van der Waals surface area (Å²) >= 11 is 0. The highest BCUT2D eigenvalue weighted by Crippen LogP contribution is 2.20. The maximum absolute atomic E-state index is 13.3. The van der Waals surface area contributed by atoms with E-state index in [1.807, 2.05) is 43.0 Å². The molecule has 1 saturated heterocycles. The zero-order chi connectivity index (χ0) is 24.8. The van der Waals surface area contributed by atoms with Crippen molar-refractivity contribution in [1.29, 1.82) is 0 Å². The van der Waals surface area contributed by atoms with E-state index >= 15 is 0 Å². The highest BCUT2D eigenvalue weighted by atomic mass is 16.2. The number of anilines is 2. The Hall–Kier alpha value is -3.97. The van der Waals surface area contributed by atoms with Gasteiger partial charge in [-0.2, -0.15) is 0 Å². The first-order valence-corrected chi connectivity index (χ1v) is 11.8. The normalized spacial score (nSPS) is 13.8. The molecule has 35 heavy (non-hydrogen) atoms. The monoisotopic (exact) mass is 470 g/mol. The second-order valence-corrected chi connectivity index (χ2v) is 8.73. The average molecular weight is 471 g/mol. The third kappa shape index (κ3) is 5.94. The molecule has 0 radical (unpaired) electrons. The number of nitrogens with one attached hydrogen (secondary N) is 2. The Bertz CT molecular complexity index is 1220. The second kappa shape index (κ2) is 11.0. The van der Waals surface area contributed by atoms with Crippen LogP contribution in [0.4, 0.5) is 11.4 Å². The lowest BCUT2D eigenvalue weighted by molar-refractivity contribution is -0.117. The molecule has 1 fully saturated rings. The summed E-state index contributed by atoms with van der Waals surface area (Å²) < 4.78 is 0. The minimum absolute atomic E-state index is 0.0625. The minimum Gasteiger partial charge on any atom is -0.336 e. The van der Waals surface area contributed by atoms with E-state index in [1.165, 1.54) is 0 Å². The van der Waals surface area contributed by atoms with Crippen LogP contribution in [0.5, 0.6) is 0 Å². The molecule has 7 heteroatoms. The van der Waals surface area contributed by atoms with Crippen LogP contribution in [0.3, 0.4) is 0 Å². The van der Waals surface area contributed by atoms with E-state index < -0.39 is 0 Å². The number of para-hydroxylation sites is 1. The van der Waals surface area contributed by atoms with Crippen molar-refractivity contribution in [2.45, 2.75) is 13.8 Å². The summed E-state index contributed by atoms with van der Waals surface area (Å²) in [5, 5.41) is 5.86. The quantitative estimate of drug-likeness (QED) is 0.572. The molecule has 180 valence electrons. The molecule has 0 saturated carbocycles. The van der Waals surface area contributed by atoms with Crippen LogP contribution in [0.1, 0.15) is 31.8 Å². The molecule has 7 nitrogen and oxygen atoms in total. The van der Waals surface area contributed by atoms with Gasteiger partial charge in [-0.25, -0.2) is 0 Å². The number of amides is 3. The molecule has 0 bridgehead atoms. The smallest absolute Gasteiger partial charge is 0.256 e. The lowest BCUT2D eigenvalue weighted by atomic mass is 10.1. The van der Waals surface area contributed by atoms with E-state index in [9.17, 15) is 14.4 Å². The lowest BCUT2D eigenvalue weighted by Crippen LogP contribution is -2.50. The summed E-state index contributed by atoms with van der Waals surface area (Å²) in [5.74, 6) is -0.452. The highest BCUT2D eigenvalue weighted by Gasteiger charge is 2.25. The number of carbonyl (C=O) groups is 3. The summed E-state index contributed by atoms with van der Waals surface area (Å²) in [6, 6.07) is 21.8. The zero-order valence-electron chi connectivity index (χ0n) is 20.1. The molecule has 0 atom stereocenters. The molecule has 0 aliphatic carbocycles. The first-order chi connectivity index (χ1) is 16.9. The van der Waals surface area contributed by atoms with Crippen molar-refractivity contribution in [1.82, 2.24) is 9.80 Å². The van der Waals surface area contributed by atoms with Gasteiger partial charge in [0.15, 0.2) is 0 Å². The first-order valence-electron chi connectivity index (χ1n) is 11.8. The van der Waals surface area contributed by atoms with Crippen molar-refractivity contribution in [3.8, 4) is 0 Å². The van der Waals surface area contributed by atoms with E-state index in [0.29, 0.717) is 43.0 Å². The molecule has 0 spiro atoms. The molecule has 4 rings (SSSR count). The number of aryl methyl sites for hydroxylation is 1. The number of rotatable bonds is 6. The van der Waals surface area contributed by atoms with Crippen LogP contribution >= 0.6 is 0 Å². The van der Waals surface area contributed by atoms with Crippen LogP contribution in [0.25, 0.3) is 0 Å². The van der Waals surface area contributed by atoms with Crippen molar-refractivity contribution in [3.63, 3.8) is 0 Å². The highest BCUT2D eigenvalue weighted by molar-refractivity contribution is 6.09. The van der Waals surface area contributed by atoms with E-state index in [-0.39, 0.29) is 24.3 Å². The summed E-state index contributed by atoms with van der Waals surface area (Å²) in [6.07, 6.45) is 0. The maximum Gasteiger partial charge on any atom is 0.256 e. The standard InChI is InChI=1S/C28H30N4O3/c1-20-9-8-14-24(21(20)2)29-26(33)19-31-15-17-32(18-16-31)28(35)23-12-6-7-13-25(23)30-27(34)22-10-4-3-5-11-22/h3-14H,15-19H2,1-2H3,(H,29,33)(H,30,34). The van der Waals surface area contributed by atoms with Gasteiger partial charge in [0.25, 0.3) is 11.8 Å². The van der Waals surface area contributed by atoms with E-state index in [2.05, 4.69) is 10.6 Å². The fourth-order valence-corrected chi connectivity index (χ4v) is 4.12. The summed E-state index contributed by atoms with van der Waals surface area (Å²) in [5.41, 5.74) is 4.50. The number of nitrogens with zero attached hydrogens (tertiary/aromatic N) is 2. The summed E-state index contributed by atoms with van der Waals surface area (Å²) in [7, 11) is 0. The van der Waals surface area contributed by atoms with Crippen LogP contribution in [0.15, 0.2) is 72.8 Å². The Balaban J connectivity index is 1.33. The third-order valence-corrected chi connectivity index (χ3v) is 6.35. The number of piperazine rings is 1. The molecule has 1 aliphatic heterocycles. The Morgan fingerprint density at radius 1 is 0.743 bits per heavy atom. The van der Waals surface area contributed by atoms with Crippen molar-refractivity contribution < 1.29 is 14.4 Å². The Morgan fingerprint density at radius 2 is 1.40 bits per heavy atom. The topological polar surface area (TPSA) is 81.8 Å². The van der Waals surface area contributed by atoms with E-state index in [0.717, 1.165) is 16.8 Å². The van der Waals surface area contributed by atoms with Crippen molar-refractivity contribution in [3.05, 3.63) is 95.1 Å². The van der Waals surface area contributed by atoms with Gasteiger partial charge in [-0.15, -0.1) is 0 Å². The molecular formula is C28H30N4O3. The van der Waals surface area contributed by atoms with Crippen LogP contribution < -0.4 is 10.6 Å². The van der Waals surface area contributed by atoms with Crippen molar-refractivity contribution >= 4 is 29.1 Å². The Kier molecular flexibility index (Phi) is 7.57. The summed E-state index contributed by atoms with van der Waals surface area (Å²) in [4.78, 5) is 42.2. The minimum atomic E-state index is -0.259. The molecule has 1 heterocycles. The van der Waals surface area contributed by atoms with Gasteiger partial charge in [-0.1, -0.05) is 42.5 Å². The fraction of sp³-hybridized carbons (Fsp3) is 0.250. The van der Waals surface area contributed by atoms with Gasteiger partial charge in [-0.3, -0.25) is 19.3 Å². The molecule has 1 aliphatic rings. The first kappa shape index (κ1) is 24.2. The Morgan fingerprint density at radius 3 is 2.14 bits per heavy atom. The zero-order valence-corrected chi connectivity index (χ0v) is 20.1. The molecule has 0 aromatic heterocycles.